The first kappa shape index (κ1) is 13.2. The van der Waals surface area contributed by atoms with Crippen molar-refractivity contribution in [3.63, 3.8) is 0 Å². The van der Waals surface area contributed by atoms with Crippen LogP contribution in [0.3, 0.4) is 0 Å². The summed E-state index contributed by atoms with van der Waals surface area (Å²) in [7, 11) is 1.93. The maximum Gasteiger partial charge on any atom is 0.108 e. The summed E-state index contributed by atoms with van der Waals surface area (Å²) in [5, 5.41) is 19.7. The van der Waals surface area contributed by atoms with E-state index in [9.17, 15) is 10.2 Å². The van der Waals surface area contributed by atoms with Crippen LogP contribution < -0.4 is 0 Å². The third-order valence-corrected chi connectivity index (χ3v) is 2.84. The molecule has 0 radical (unpaired) electrons. The van der Waals surface area contributed by atoms with Crippen molar-refractivity contribution in [1.82, 2.24) is 9.55 Å². The highest BCUT2D eigenvalue weighted by Gasteiger charge is 2.28. The Kier molecular flexibility index (Phi) is 4.10. The molecule has 0 amide bonds. The Morgan fingerprint density at radius 2 is 2.00 bits per heavy atom. The molecule has 1 aromatic heterocycles. The van der Waals surface area contributed by atoms with Crippen molar-refractivity contribution in [2.75, 3.05) is 0 Å². The molecule has 2 N–H and O–H groups in total. The molecule has 16 heavy (non-hydrogen) atoms. The van der Waals surface area contributed by atoms with Gasteiger partial charge in [-0.05, 0) is 11.8 Å². The summed E-state index contributed by atoms with van der Waals surface area (Å²) < 4.78 is 1.93. The molecule has 2 unspecified atom stereocenters. The SMILES string of the molecule is Cn1ccnc1CCC(O)C(O)C(C)(C)C. The molecule has 0 aliphatic rings. The summed E-state index contributed by atoms with van der Waals surface area (Å²) in [6.45, 7) is 5.75. The molecule has 4 heteroatoms. The molecule has 0 spiro atoms. The summed E-state index contributed by atoms with van der Waals surface area (Å²) in [6, 6.07) is 0. The topological polar surface area (TPSA) is 58.3 Å². The lowest BCUT2D eigenvalue weighted by Crippen LogP contribution is -2.38. The molecule has 1 aromatic rings. The average Bonchev–Trinajstić information content (AvgIpc) is 2.58. The molecule has 4 nitrogen and oxygen atoms in total. The molecule has 1 rings (SSSR count). The highest BCUT2D eigenvalue weighted by molar-refractivity contribution is 4.92. The van der Waals surface area contributed by atoms with Crippen molar-refractivity contribution < 1.29 is 10.2 Å². The number of aromatic nitrogens is 2. The Morgan fingerprint density at radius 1 is 1.38 bits per heavy atom. The minimum absolute atomic E-state index is 0.291. The Bertz CT molecular complexity index is 328. The van der Waals surface area contributed by atoms with E-state index in [1.54, 1.807) is 6.20 Å². The normalized spacial score (nSPS) is 16.1. The van der Waals surface area contributed by atoms with E-state index < -0.39 is 12.2 Å². The van der Waals surface area contributed by atoms with Gasteiger partial charge in [0.15, 0.2) is 0 Å². The van der Waals surface area contributed by atoms with Crippen molar-refractivity contribution in [2.45, 2.75) is 45.8 Å². The molecule has 0 bridgehead atoms. The Balaban J connectivity index is 2.47. The first-order valence-electron chi connectivity index (χ1n) is 5.64. The Hall–Kier alpha value is -0.870. The number of aliphatic hydroxyl groups is 2. The van der Waals surface area contributed by atoms with Crippen molar-refractivity contribution in [3.8, 4) is 0 Å². The zero-order valence-corrected chi connectivity index (χ0v) is 10.5. The standard InChI is InChI=1S/C12H22N2O2/c1-12(2,3)11(16)9(15)5-6-10-13-7-8-14(10)4/h7-9,11,15-16H,5-6H2,1-4H3. The first-order chi connectivity index (χ1) is 7.32. The van der Waals surface area contributed by atoms with Crippen LogP contribution in [0.4, 0.5) is 0 Å². The Labute approximate surface area is 96.9 Å². The lowest BCUT2D eigenvalue weighted by Gasteiger charge is -2.29. The second-order valence-electron chi connectivity index (χ2n) is 5.37. The minimum atomic E-state index is -0.701. The predicted molar refractivity (Wildman–Crippen MR) is 63.0 cm³/mol. The molecule has 0 saturated heterocycles. The second kappa shape index (κ2) is 4.97. The van der Waals surface area contributed by atoms with Gasteiger partial charge >= 0.3 is 0 Å². The van der Waals surface area contributed by atoms with E-state index >= 15 is 0 Å². The van der Waals surface area contributed by atoms with Crippen LogP contribution >= 0.6 is 0 Å². The van der Waals surface area contributed by atoms with Crippen molar-refractivity contribution >= 4 is 0 Å². The number of rotatable bonds is 4. The van der Waals surface area contributed by atoms with Gasteiger partial charge in [0.1, 0.15) is 5.82 Å². The first-order valence-corrected chi connectivity index (χ1v) is 5.64. The molecular formula is C12H22N2O2. The summed E-state index contributed by atoms with van der Waals surface area (Å²) in [6.07, 6.45) is 3.43. The summed E-state index contributed by atoms with van der Waals surface area (Å²) in [5.41, 5.74) is -0.291. The average molecular weight is 226 g/mol. The van der Waals surface area contributed by atoms with Gasteiger partial charge < -0.3 is 14.8 Å². The maximum absolute atomic E-state index is 9.87. The van der Waals surface area contributed by atoms with Crippen LogP contribution in [-0.2, 0) is 13.5 Å². The van der Waals surface area contributed by atoms with Crippen LogP contribution in [0.25, 0.3) is 0 Å². The third-order valence-electron chi connectivity index (χ3n) is 2.84. The van der Waals surface area contributed by atoms with E-state index in [0.717, 1.165) is 5.82 Å². The van der Waals surface area contributed by atoms with E-state index in [1.165, 1.54) is 0 Å². The molecule has 0 aliphatic carbocycles. The van der Waals surface area contributed by atoms with E-state index in [0.29, 0.717) is 12.8 Å². The van der Waals surface area contributed by atoms with Crippen LogP contribution in [0.5, 0.6) is 0 Å². The largest absolute Gasteiger partial charge is 0.390 e. The molecule has 0 saturated carbocycles. The van der Waals surface area contributed by atoms with Gasteiger partial charge in [0.05, 0.1) is 12.2 Å². The highest BCUT2D eigenvalue weighted by atomic mass is 16.3. The number of aryl methyl sites for hydroxylation is 2. The van der Waals surface area contributed by atoms with Crippen molar-refractivity contribution in [2.24, 2.45) is 12.5 Å². The lowest BCUT2D eigenvalue weighted by atomic mass is 9.84. The molecular weight excluding hydrogens is 204 g/mol. The van der Waals surface area contributed by atoms with E-state index in [-0.39, 0.29) is 5.41 Å². The highest BCUT2D eigenvalue weighted by Crippen LogP contribution is 2.23. The monoisotopic (exact) mass is 226 g/mol. The fourth-order valence-corrected chi connectivity index (χ4v) is 1.65. The predicted octanol–water partition coefficient (Wildman–Crippen LogP) is 1.12. The fraction of sp³-hybridized carbons (Fsp3) is 0.750. The van der Waals surface area contributed by atoms with Gasteiger partial charge in [0, 0.05) is 25.9 Å². The summed E-state index contributed by atoms with van der Waals surface area (Å²) >= 11 is 0. The lowest BCUT2D eigenvalue weighted by molar-refractivity contribution is -0.0473. The quantitative estimate of drug-likeness (QED) is 0.809. The number of aliphatic hydroxyl groups excluding tert-OH is 2. The van der Waals surface area contributed by atoms with Gasteiger partial charge in [0.2, 0.25) is 0 Å². The van der Waals surface area contributed by atoms with Crippen LogP contribution in [-0.4, -0.2) is 32.0 Å². The van der Waals surface area contributed by atoms with Crippen LogP contribution in [0.2, 0.25) is 0 Å². The summed E-state index contributed by atoms with van der Waals surface area (Å²) in [4.78, 5) is 4.18. The molecule has 0 aliphatic heterocycles. The van der Waals surface area contributed by atoms with Gasteiger partial charge in [-0.3, -0.25) is 0 Å². The van der Waals surface area contributed by atoms with Gasteiger partial charge in [-0.1, -0.05) is 20.8 Å². The number of hydrogen-bond acceptors (Lipinski definition) is 3. The molecule has 0 aromatic carbocycles. The van der Waals surface area contributed by atoms with Gasteiger partial charge in [0.25, 0.3) is 0 Å². The van der Waals surface area contributed by atoms with Crippen LogP contribution in [0.1, 0.15) is 33.0 Å². The van der Waals surface area contributed by atoms with E-state index in [4.69, 9.17) is 0 Å². The van der Waals surface area contributed by atoms with Crippen molar-refractivity contribution in [3.05, 3.63) is 18.2 Å². The van der Waals surface area contributed by atoms with E-state index in [1.807, 2.05) is 38.6 Å². The van der Waals surface area contributed by atoms with Gasteiger partial charge in [-0.2, -0.15) is 0 Å². The fourth-order valence-electron chi connectivity index (χ4n) is 1.65. The zero-order chi connectivity index (χ0) is 12.3. The number of imidazole rings is 1. The smallest absolute Gasteiger partial charge is 0.108 e. The number of nitrogens with zero attached hydrogens (tertiary/aromatic N) is 2. The molecule has 1 heterocycles. The molecule has 92 valence electrons. The third kappa shape index (κ3) is 3.32. The molecule has 2 atom stereocenters. The minimum Gasteiger partial charge on any atom is -0.390 e. The Morgan fingerprint density at radius 3 is 2.44 bits per heavy atom. The van der Waals surface area contributed by atoms with Crippen LogP contribution in [0.15, 0.2) is 12.4 Å². The molecule has 0 fully saturated rings. The van der Waals surface area contributed by atoms with Gasteiger partial charge in [-0.15, -0.1) is 0 Å². The maximum atomic E-state index is 9.87. The van der Waals surface area contributed by atoms with Crippen LogP contribution in [0, 0.1) is 5.41 Å². The summed E-state index contributed by atoms with van der Waals surface area (Å²) in [5.74, 6) is 0.931. The van der Waals surface area contributed by atoms with E-state index in [2.05, 4.69) is 4.98 Å². The second-order valence-corrected chi connectivity index (χ2v) is 5.37. The zero-order valence-electron chi connectivity index (χ0n) is 10.5. The van der Waals surface area contributed by atoms with Gasteiger partial charge in [-0.25, -0.2) is 4.98 Å². The van der Waals surface area contributed by atoms with Crippen molar-refractivity contribution in [1.29, 1.82) is 0 Å². The number of hydrogen-bond donors (Lipinski definition) is 2.